The Morgan fingerprint density at radius 3 is 1.87 bits per heavy atom. The van der Waals surface area contributed by atoms with E-state index in [1.165, 1.54) is 31.4 Å². The van der Waals surface area contributed by atoms with Crippen molar-refractivity contribution in [3.05, 3.63) is 48.0 Å². The highest BCUT2D eigenvalue weighted by Crippen LogP contribution is 2.36. The zero-order chi connectivity index (χ0) is 38.5. The molecule has 0 aliphatic carbocycles. The van der Waals surface area contributed by atoms with Crippen LogP contribution in [0.4, 0.5) is 23.0 Å². The first-order chi connectivity index (χ1) is 24.1. The first-order valence-electron chi connectivity index (χ1n) is 14.4. The van der Waals surface area contributed by atoms with Crippen molar-refractivity contribution in [3.63, 3.8) is 0 Å². The molecule has 19 nitrogen and oxygen atoms in total. The summed E-state index contributed by atoms with van der Waals surface area (Å²) in [4.78, 5) is 11.6. The van der Waals surface area contributed by atoms with E-state index in [1.807, 2.05) is 0 Å². The molecule has 5 N–H and O–H groups in total. The molecule has 4 aromatic rings. The van der Waals surface area contributed by atoms with Gasteiger partial charge in [-0.3, -0.25) is 18.2 Å². The fourth-order valence-corrected chi connectivity index (χ4v) is 8.68. The Kier molecular flexibility index (Phi) is 13.2. The van der Waals surface area contributed by atoms with Crippen LogP contribution < -0.4 is 10.1 Å². The first-order valence-corrected chi connectivity index (χ1v) is 22.5. The van der Waals surface area contributed by atoms with Gasteiger partial charge in [0.25, 0.3) is 40.5 Å². The quantitative estimate of drug-likeness (QED) is 0.0415. The van der Waals surface area contributed by atoms with E-state index < -0.39 is 61.8 Å². The number of ether oxygens (including phenoxy) is 1. The SMILES string of the molecule is COc1cc(N=Nc2ccc3c(S(=O)(=O)O)cc(S(=O)(=O)O)cc3c2)c(C)cc1Nc1nc(SCCCS(=O)(=O)O)nc(SCCCS(=O)(=O)O)n1. The molecule has 0 saturated heterocycles. The standard InChI is InChI=1S/C27H30N6O13S6/c1-16-11-22(28-25-29-26(47-7-3-9-49(34,35)36)31-27(30-25)48-8-4-10-50(37,38)39)23(46-2)15-21(16)33-32-18-5-6-20-17(12-18)13-19(51(40,41)42)14-24(20)52(43,44)45/h5-6,11-15H,3-4,7-10H2,1-2H3,(H,34,35,36)(H,37,38,39)(H,40,41,42)(H,43,44,45)(H,28,29,30,31). The van der Waals surface area contributed by atoms with E-state index in [4.69, 9.17) is 13.8 Å². The summed E-state index contributed by atoms with van der Waals surface area (Å²) in [6.07, 6.45) is 0.211. The summed E-state index contributed by atoms with van der Waals surface area (Å²) in [5.41, 5.74) is 1.45. The number of rotatable bonds is 17. The number of hydrogen-bond donors (Lipinski definition) is 5. The normalized spacial score (nSPS) is 12.8. The summed E-state index contributed by atoms with van der Waals surface area (Å²) in [7, 11) is -16.6. The first kappa shape index (κ1) is 41.2. The van der Waals surface area contributed by atoms with Gasteiger partial charge in [-0.2, -0.15) is 58.9 Å². The Hall–Kier alpha value is -3.53. The monoisotopic (exact) mass is 838 g/mol. The number of thioether (sulfide) groups is 2. The smallest absolute Gasteiger partial charge is 0.295 e. The van der Waals surface area contributed by atoms with Crippen LogP contribution in [0, 0.1) is 6.92 Å². The van der Waals surface area contributed by atoms with Crippen LogP contribution >= 0.6 is 23.5 Å². The Bertz CT molecular complexity index is 2410. The van der Waals surface area contributed by atoms with Crippen molar-refractivity contribution in [3.8, 4) is 5.75 Å². The summed E-state index contributed by atoms with van der Waals surface area (Å²) >= 11 is 2.20. The van der Waals surface area contributed by atoms with Gasteiger partial charge in [0.15, 0.2) is 10.3 Å². The Morgan fingerprint density at radius 1 is 0.750 bits per heavy atom. The van der Waals surface area contributed by atoms with Crippen molar-refractivity contribution in [2.45, 2.75) is 39.9 Å². The highest BCUT2D eigenvalue weighted by Gasteiger charge is 2.21. The van der Waals surface area contributed by atoms with Crippen molar-refractivity contribution in [1.29, 1.82) is 0 Å². The van der Waals surface area contributed by atoms with Crippen molar-refractivity contribution < 1.29 is 56.6 Å². The molecule has 1 heterocycles. The third-order valence-electron chi connectivity index (χ3n) is 6.64. The molecule has 0 unspecified atom stereocenters. The minimum Gasteiger partial charge on any atom is -0.494 e. The summed E-state index contributed by atoms with van der Waals surface area (Å²) in [5, 5.41) is 11.8. The lowest BCUT2D eigenvalue weighted by Crippen LogP contribution is -2.07. The van der Waals surface area contributed by atoms with Crippen LogP contribution in [-0.4, -0.2) is 97.0 Å². The van der Waals surface area contributed by atoms with Gasteiger partial charge in [0.05, 0.1) is 40.6 Å². The molecular formula is C27H30N6O13S6. The third-order valence-corrected chi connectivity index (χ3v) is 11.8. The van der Waals surface area contributed by atoms with Crippen LogP contribution in [0.1, 0.15) is 18.4 Å². The van der Waals surface area contributed by atoms with Gasteiger partial charge in [-0.15, -0.1) is 0 Å². The van der Waals surface area contributed by atoms with Crippen molar-refractivity contribution in [2.75, 3.05) is 35.4 Å². The number of fused-ring (bicyclic) bond motifs is 1. The second-order valence-corrected chi connectivity index (χ2v) is 18.7. The lowest BCUT2D eigenvalue weighted by Gasteiger charge is -2.13. The molecule has 0 amide bonds. The zero-order valence-corrected chi connectivity index (χ0v) is 31.8. The molecule has 52 heavy (non-hydrogen) atoms. The molecule has 0 bridgehead atoms. The van der Waals surface area contributed by atoms with Crippen LogP contribution in [0.3, 0.4) is 0 Å². The molecule has 0 aliphatic heterocycles. The van der Waals surface area contributed by atoms with Crippen LogP contribution in [0.2, 0.25) is 0 Å². The topological polar surface area (TPSA) is 302 Å². The average molecular weight is 839 g/mol. The summed E-state index contributed by atoms with van der Waals surface area (Å²) in [6.45, 7) is 1.70. The fourth-order valence-electron chi connectivity index (χ4n) is 4.34. The van der Waals surface area contributed by atoms with E-state index in [1.54, 1.807) is 13.0 Å². The molecule has 1 aromatic heterocycles. The van der Waals surface area contributed by atoms with Gasteiger partial charge in [-0.05, 0) is 61.0 Å². The van der Waals surface area contributed by atoms with Crippen molar-refractivity contribution >= 4 is 97.8 Å². The number of methoxy groups -OCH3 is 1. The minimum absolute atomic E-state index is 0.0253. The molecule has 0 radical (unpaired) electrons. The largest absolute Gasteiger partial charge is 0.494 e. The lowest BCUT2D eigenvalue weighted by atomic mass is 10.1. The van der Waals surface area contributed by atoms with E-state index in [0.29, 0.717) is 23.0 Å². The second-order valence-electron chi connectivity index (χ2n) is 10.6. The highest BCUT2D eigenvalue weighted by molar-refractivity contribution is 7.99. The summed E-state index contributed by atoms with van der Waals surface area (Å²) in [5.74, 6) is -0.130. The number of anilines is 2. The maximum atomic E-state index is 11.9. The van der Waals surface area contributed by atoms with Crippen LogP contribution in [0.15, 0.2) is 72.8 Å². The molecule has 0 spiro atoms. The van der Waals surface area contributed by atoms with E-state index in [2.05, 4.69) is 30.5 Å². The minimum atomic E-state index is -4.87. The van der Waals surface area contributed by atoms with Gasteiger partial charge < -0.3 is 10.1 Å². The van der Waals surface area contributed by atoms with Gasteiger partial charge in [0, 0.05) is 23.0 Å². The molecule has 3 aromatic carbocycles. The number of benzene rings is 3. The van der Waals surface area contributed by atoms with E-state index in [-0.39, 0.29) is 62.8 Å². The fraction of sp³-hybridized carbons (Fsp3) is 0.296. The number of azo groups is 1. The Morgan fingerprint density at radius 2 is 1.35 bits per heavy atom. The number of aryl methyl sites for hydroxylation is 1. The summed E-state index contributed by atoms with van der Waals surface area (Å²) in [6, 6.07) is 8.81. The van der Waals surface area contributed by atoms with Crippen molar-refractivity contribution in [1.82, 2.24) is 15.0 Å². The van der Waals surface area contributed by atoms with Gasteiger partial charge in [0.2, 0.25) is 5.95 Å². The average Bonchev–Trinajstić information content (AvgIpc) is 3.02. The van der Waals surface area contributed by atoms with Crippen LogP contribution in [-0.2, 0) is 40.5 Å². The molecular weight excluding hydrogens is 809 g/mol. The number of hydrogen-bond acceptors (Lipinski definition) is 17. The molecule has 0 atom stereocenters. The van der Waals surface area contributed by atoms with E-state index >= 15 is 0 Å². The molecule has 0 fully saturated rings. The number of aromatic nitrogens is 3. The lowest BCUT2D eigenvalue weighted by molar-refractivity contribution is 0.417. The Labute approximate surface area is 307 Å². The van der Waals surface area contributed by atoms with Crippen LogP contribution in [0.5, 0.6) is 5.75 Å². The van der Waals surface area contributed by atoms with Crippen molar-refractivity contribution in [2.24, 2.45) is 10.2 Å². The molecule has 0 saturated carbocycles. The molecule has 282 valence electrons. The predicted molar refractivity (Wildman–Crippen MR) is 192 cm³/mol. The molecule has 4 rings (SSSR count). The second kappa shape index (κ2) is 16.6. The number of nitrogens with one attached hydrogen (secondary N) is 1. The maximum absolute atomic E-state index is 11.9. The zero-order valence-electron chi connectivity index (χ0n) is 26.9. The predicted octanol–water partition coefficient (Wildman–Crippen LogP) is 4.73. The maximum Gasteiger partial charge on any atom is 0.295 e. The molecule has 25 heteroatoms. The van der Waals surface area contributed by atoms with Gasteiger partial charge in [-0.1, -0.05) is 29.6 Å². The third kappa shape index (κ3) is 12.3. The van der Waals surface area contributed by atoms with Gasteiger partial charge >= 0.3 is 0 Å². The van der Waals surface area contributed by atoms with E-state index in [0.717, 1.165) is 29.6 Å². The molecule has 0 aliphatic rings. The summed E-state index contributed by atoms with van der Waals surface area (Å²) < 4.78 is 134. The van der Waals surface area contributed by atoms with Gasteiger partial charge in [0.1, 0.15) is 10.6 Å². The number of nitrogens with zero attached hydrogens (tertiary/aromatic N) is 5. The Balaban J connectivity index is 1.62. The van der Waals surface area contributed by atoms with Gasteiger partial charge in [-0.25, -0.2) is 0 Å². The van der Waals surface area contributed by atoms with Crippen LogP contribution in [0.25, 0.3) is 10.8 Å². The van der Waals surface area contributed by atoms with E-state index in [9.17, 15) is 42.8 Å². The highest BCUT2D eigenvalue weighted by atomic mass is 32.2.